The average molecular weight is 251 g/mol. The summed E-state index contributed by atoms with van der Waals surface area (Å²) in [5.41, 5.74) is 2.15. The summed E-state index contributed by atoms with van der Waals surface area (Å²) in [6.45, 7) is 0. The van der Waals surface area contributed by atoms with Gasteiger partial charge in [0.15, 0.2) is 0 Å². The van der Waals surface area contributed by atoms with Gasteiger partial charge in [-0.3, -0.25) is 4.79 Å². The molecular formula is C16H13NO2. The summed E-state index contributed by atoms with van der Waals surface area (Å²) in [7, 11) is 0. The number of amides is 1. The topological polar surface area (TPSA) is 38.3 Å². The molecule has 94 valence electrons. The molecule has 2 aromatic rings. The molecule has 0 saturated heterocycles. The summed E-state index contributed by atoms with van der Waals surface area (Å²) < 4.78 is 6.11. The second-order valence-electron chi connectivity index (χ2n) is 5.04. The van der Waals surface area contributed by atoms with Gasteiger partial charge in [0, 0.05) is 17.7 Å². The fourth-order valence-electron chi connectivity index (χ4n) is 3.00. The third-order valence-electron chi connectivity index (χ3n) is 3.98. The van der Waals surface area contributed by atoms with Crippen molar-refractivity contribution in [1.29, 1.82) is 0 Å². The highest BCUT2D eigenvalue weighted by molar-refractivity contribution is 6.05. The second kappa shape index (κ2) is 3.60. The summed E-state index contributed by atoms with van der Waals surface area (Å²) in [6, 6.07) is 15.7. The Morgan fingerprint density at radius 3 is 2.79 bits per heavy atom. The summed E-state index contributed by atoms with van der Waals surface area (Å²) in [6.07, 6.45) is 1.55. The zero-order chi connectivity index (χ0) is 12.9. The van der Waals surface area contributed by atoms with Gasteiger partial charge in [0.2, 0.25) is 5.60 Å². The lowest BCUT2D eigenvalue weighted by molar-refractivity contribution is -0.132. The number of hydrogen-bond acceptors (Lipinski definition) is 2. The van der Waals surface area contributed by atoms with Crippen LogP contribution in [0.3, 0.4) is 0 Å². The number of nitrogens with one attached hydrogen (secondary N) is 1. The Morgan fingerprint density at radius 1 is 1.05 bits per heavy atom. The number of ether oxygens (including phenoxy) is 1. The lowest BCUT2D eigenvalue weighted by Crippen LogP contribution is -2.43. The lowest BCUT2D eigenvalue weighted by atomic mass is 9.86. The first-order chi connectivity index (χ1) is 9.29. The van der Waals surface area contributed by atoms with Crippen LogP contribution >= 0.6 is 0 Å². The van der Waals surface area contributed by atoms with E-state index < -0.39 is 5.60 Å². The second-order valence-corrected chi connectivity index (χ2v) is 5.04. The van der Waals surface area contributed by atoms with E-state index in [0.717, 1.165) is 23.4 Å². The predicted octanol–water partition coefficient (Wildman–Crippen LogP) is 2.86. The van der Waals surface area contributed by atoms with Gasteiger partial charge in [-0.05, 0) is 24.1 Å². The van der Waals surface area contributed by atoms with E-state index in [1.807, 2.05) is 42.5 Å². The molecule has 3 heteroatoms. The van der Waals surface area contributed by atoms with Crippen LogP contribution in [0.4, 0.5) is 5.69 Å². The molecule has 1 amide bonds. The van der Waals surface area contributed by atoms with Crippen molar-refractivity contribution in [1.82, 2.24) is 0 Å². The first-order valence-electron chi connectivity index (χ1n) is 6.47. The van der Waals surface area contributed by atoms with E-state index in [9.17, 15) is 4.79 Å². The highest BCUT2D eigenvalue weighted by atomic mass is 16.5. The van der Waals surface area contributed by atoms with Gasteiger partial charge >= 0.3 is 0 Å². The number of carbonyl (C=O) groups excluding carboxylic acids is 1. The molecule has 0 bridgehead atoms. The number of fused-ring (bicyclic) bond motifs is 3. The summed E-state index contributed by atoms with van der Waals surface area (Å²) >= 11 is 0. The van der Waals surface area contributed by atoms with Crippen LogP contribution in [0.2, 0.25) is 0 Å². The van der Waals surface area contributed by atoms with E-state index in [4.69, 9.17) is 4.74 Å². The van der Waals surface area contributed by atoms with Crippen molar-refractivity contribution in [2.24, 2.45) is 0 Å². The molecule has 0 aromatic heterocycles. The van der Waals surface area contributed by atoms with Crippen LogP contribution in [0.25, 0.3) is 0 Å². The third kappa shape index (κ3) is 1.35. The van der Waals surface area contributed by atoms with Crippen molar-refractivity contribution in [3.63, 3.8) is 0 Å². The van der Waals surface area contributed by atoms with E-state index in [1.54, 1.807) is 0 Å². The number of hydrogen-bond donors (Lipinski definition) is 1. The zero-order valence-electron chi connectivity index (χ0n) is 10.3. The molecule has 2 aliphatic heterocycles. The fraction of sp³-hybridized carbons (Fsp3) is 0.188. The molecule has 0 fully saturated rings. The van der Waals surface area contributed by atoms with Crippen molar-refractivity contribution >= 4 is 11.6 Å². The highest BCUT2D eigenvalue weighted by Gasteiger charge is 2.50. The Balaban J connectivity index is 1.87. The molecule has 2 heterocycles. The maximum atomic E-state index is 12.4. The largest absolute Gasteiger partial charge is 0.472 e. The monoisotopic (exact) mass is 251 g/mol. The van der Waals surface area contributed by atoms with Gasteiger partial charge in [0.1, 0.15) is 5.75 Å². The molecule has 2 aromatic carbocycles. The quantitative estimate of drug-likeness (QED) is 0.782. The van der Waals surface area contributed by atoms with Crippen LogP contribution in [0.15, 0.2) is 48.5 Å². The number of para-hydroxylation sites is 2. The molecule has 2 aliphatic rings. The van der Waals surface area contributed by atoms with E-state index >= 15 is 0 Å². The lowest BCUT2D eigenvalue weighted by Gasteiger charge is -2.33. The van der Waals surface area contributed by atoms with Crippen LogP contribution in [-0.4, -0.2) is 5.91 Å². The number of aryl methyl sites for hydroxylation is 1. The molecule has 19 heavy (non-hydrogen) atoms. The maximum absolute atomic E-state index is 12.4. The SMILES string of the molecule is O=C1Nc2ccccc2C12CCc1ccccc1O2. The van der Waals surface area contributed by atoms with Crippen molar-refractivity contribution in [2.75, 3.05) is 5.32 Å². The molecule has 0 radical (unpaired) electrons. The van der Waals surface area contributed by atoms with E-state index in [1.165, 1.54) is 5.56 Å². The average Bonchev–Trinajstić information content (AvgIpc) is 2.72. The van der Waals surface area contributed by atoms with E-state index in [-0.39, 0.29) is 5.91 Å². The predicted molar refractivity (Wildman–Crippen MR) is 72.1 cm³/mol. The van der Waals surface area contributed by atoms with Gasteiger partial charge in [-0.25, -0.2) is 0 Å². The standard InChI is InChI=1S/C16H13NO2/c18-15-16(12-6-2-3-7-13(12)17-15)10-9-11-5-1-4-8-14(11)19-16/h1-8H,9-10H2,(H,17,18). The Hall–Kier alpha value is -2.29. The molecule has 0 saturated carbocycles. The summed E-state index contributed by atoms with van der Waals surface area (Å²) in [5, 5.41) is 2.92. The summed E-state index contributed by atoms with van der Waals surface area (Å²) in [4.78, 5) is 12.4. The molecule has 1 spiro atoms. The van der Waals surface area contributed by atoms with Crippen LogP contribution in [0, 0.1) is 0 Å². The first-order valence-corrected chi connectivity index (χ1v) is 6.47. The molecule has 1 N–H and O–H groups in total. The molecule has 0 aliphatic carbocycles. The van der Waals surface area contributed by atoms with E-state index in [0.29, 0.717) is 6.42 Å². The Bertz CT molecular complexity index is 680. The minimum absolute atomic E-state index is 0.0526. The molecule has 4 rings (SSSR count). The Morgan fingerprint density at radius 2 is 1.84 bits per heavy atom. The van der Waals surface area contributed by atoms with Gasteiger partial charge in [0.25, 0.3) is 5.91 Å². The van der Waals surface area contributed by atoms with Crippen molar-refractivity contribution in [2.45, 2.75) is 18.4 Å². The van der Waals surface area contributed by atoms with E-state index in [2.05, 4.69) is 11.4 Å². The molecule has 3 nitrogen and oxygen atoms in total. The van der Waals surface area contributed by atoms with Gasteiger partial charge in [-0.2, -0.15) is 0 Å². The maximum Gasteiger partial charge on any atom is 0.273 e. The minimum atomic E-state index is -0.842. The van der Waals surface area contributed by atoms with Crippen LogP contribution < -0.4 is 10.1 Å². The number of rotatable bonds is 0. The van der Waals surface area contributed by atoms with Crippen LogP contribution in [-0.2, 0) is 16.8 Å². The van der Waals surface area contributed by atoms with Crippen molar-refractivity contribution in [3.8, 4) is 5.75 Å². The fourth-order valence-corrected chi connectivity index (χ4v) is 3.00. The molecule has 1 atom stereocenters. The number of carbonyl (C=O) groups is 1. The highest BCUT2D eigenvalue weighted by Crippen LogP contribution is 2.46. The molecular weight excluding hydrogens is 238 g/mol. The zero-order valence-corrected chi connectivity index (χ0v) is 10.3. The third-order valence-corrected chi connectivity index (χ3v) is 3.98. The van der Waals surface area contributed by atoms with Crippen LogP contribution in [0.5, 0.6) is 5.75 Å². The Labute approximate surface area is 111 Å². The van der Waals surface area contributed by atoms with Gasteiger partial charge in [-0.1, -0.05) is 36.4 Å². The molecule has 1 unspecified atom stereocenters. The minimum Gasteiger partial charge on any atom is -0.472 e. The Kier molecular flexibility index (Phi) is 2.01. The smallest absolute Gasteiger partial charge is 0.273 e. The number of benzene rings is 2. The van der Waals surface area contributed by atoms with Crippen LogP contribution in [0.1, 0.15) is 17.5 Å². The summed E-state index contributed by atoms with van der Waals surface area (Å²) in [5.74, 6) is 0.767. The van der Waals surface area contributed by atoms with Crippen molar-refractivity contribution < 1.29 is 9.53 Å². The normalized spacial score (nSPS) is 23.5. The van der Waals surface area contributed by atoms with Crippen molar-refractivity contribution in [3.05, 3.63) is 59.7 Å². The van der Waals surface area contributed by atoms with Gasteiger partial charge in [-0.15, -0.1) is 0 Å². The van der Waals surface area contributed by atoms with Gasteiger partial charge < -0.3 is 10.1 Å². The first kappa shape index (κ1) is 10.6. The number of anilines is 1. The van der Waals surface area contributed by atoms with Gasteiger partial charge in [0.05, 0.1) is 0 Å².